The third kappa shape index (κ3) is 9.62. The van der Waals surface area contributed by atoms with Gasteiger partial charge in [-0.2, -0.15) is 0 Å². The van der Waals surface area contributed by atoms with E-state index in [2.05, 4.69) is 31.4 Å². The van der Waals surface area contributed by atoms with Crippen molar-refractivity contribution in [2.75, 3.05) is 40.0 Å². The summed E-state index contributed by atoms with van der Waals surface area (Å²) in [4.78, 5) is 70.4. The Morgan fingerprint density at radius 3 is 2.23 bits per heavy atom. The molecule has 2 saturated heterocycles. The van der Waals surface area contributed by atoms with Crippen molar-refractivity contribution < 1.29 is 56.4 Å². The fourth-order valence-corrected chi connectivity index (χ4v) is 11.2. The number of benzene rings is 2. The molecule has 6 atom stereocenters. The normalized spacial score (nSPS) is 24.2. The molecular weight excluding hydrogens is 818 g/mol. The van der Waals surface area contributed by atoms with E-state index in [0.29, 0.717) is 29.2 Å². The monoisotopic (exact) mass is 880 g/mol. The summed E-state index contributed by atoms with van der Waals surface area (Å²) in [5.41, 5.74) is 0.309. The predicted octanol–water partition coefficient (Wildman–Crippen LogP) is 5.85. The van der Waals surface area contributed by atoms with E-state index in [9.17, 15) is 28.5 Å². The third-order valence-corrected chi connectivity index (χ3v) is 14.8. The first kappa shape index (κ1) is 47.2. The number of hydrogen-bond acceptors (Lipinski definition) is 12. The maximum atomic E-state index is 14.9. The number of likely N-dealkylation sites (N-methyl/N-ethyl adjacent to an activating group) is 1. The van der Waals surface area contributed by atoms with Crippen LogP contribution in [-0.2, 0) is 54.6 Å². The number of para-hydroxylation sites is 1. The van der Waals surface area contributed by atoms with Gasteiger partial charge in [0, 0.05) is 19.6 Å². The maximum Gasteiger partial charge on any atom is 0.482 e. The van der Waals surface area contributed by atoms with Gasteiger partial charge in [-0.1, -0.05) is 50.2 Å². The lowest BCUT2D eigenvalue weighted by Crippen LogP contribution is -2.65. The number of nitrogens with one attached hydrogen (secondary N) is 2. The number of ether oxygens (including phenoxy) is 2. The van der Waals surface area contributed by atoms with Gasteiger partial charge in [0.05, 0.1) is 44.1 Å². The number of esters is 1. The number of rotatable bonds is 16. The number of methoxy groups -OCH3 is 1. The molecule has 3 aliphatic carbocycles. The molecule has 2 N–H and O–H groups in total. The van der Waals surface area contributed by atoms with Gasteiger partial charge in [-0.05, 0) is 108 Å². The molecule has 2 bridgehead atoms. The molecule has 5 fully saturated rings. The lowest BCUT2D eigenvalue weighted by molar-refractivity contribution is -0.199. The van der Waals surface area contributed by atoms with Crippen LogP contribution in [0.5, 0.6) is 5.75 Å². The zero-order chi connectivity index (χ0) is 45.4. The number of amides is 5. The number of urea groups is 1. The van der Waals surface area contributed by atoms with Gasteiger partial charge >= 0.3 is 38.5 Å². The molecule has 338 valence electrons. The Morgan fingerprint density at radius 1 is 0.952 bits per heavy atom. The van der Waals surface area contributed by atoms with Crippen molar-refractivity contribution in [1.29, 1.82) is 0 Å². The summed E-state index contributed by atoms with van der Waals surface area (Å²) in [6.45, 7) is 17.8. The first-order chi connectivity index (χ1) is 29.2. The molecule has 18 heteroatoms. The molecule has 2 aromatic rings. The van der Waals surface area contributed by atoms with Crippen LogP contribution in [0.1, 0.15) is 108 Å². The van der Waals surface area contributed by atoms with Crippen LogP contribution in [0.4, 0.5) is 4.79 Å². The van der Waals surface area contributed by atoms with Crippen LogP contribution in [0.25, 0.3) is 0 Å². The Balaban J connectivity index is 1.35. The molecule has 0 spiro atoms. The third-order valence-electron chi connectivity index (χ3n) is 12.8. The predicted molar refractivity (Wildman–Crippen MR) is 230 cm³/mol. The minimum Gasteiger partial charge on any atom is -0.496 e. The van der Waals surface area contributed by atoms with Crippen LogP contribution in [0.15, 0.2) is 42.5 Å². The second-order valence-electron chi connectivity index (χ2n) is 18.2. The highest BCUT2D eigenvalue weighted by atomic mass is 31.2. The zero-order valence-corrected chi connectivity index (χ0v) is 38.5. The second kappa shape index (κ2) is 18.4. The second-order valence-corrected chi connectivity index (χ2v) is 20.3. The van der Waals surface area contributed by atoms with Gasteiger partial charge in [0.25, 0.3) is 0 Å². The highest BCUT2D eigenvalue weighted by Crippen LogP contribution is 2.65. The fraction of sp³-hybridized carbons (Fsp3) is 0.614. The van der Waals surface area contributed by atoms with Crippen LogP contribution >= 0.6 is 7.60 Å². The summed E-state index contributed by atoms with van der Waals surface area (Å²) in [6.07, 6.45) is 1.60. The van der Waals surface area contributed by atoms with Crippen molar-refractivity contribution in [2.24, 2.45) is 17.3 Å². The zero-order valence-electron chi connectivity index (χ0n) is 37.6. The summed E-state index contributed by atoms with van der Waals surface area (Å²) in [5.74, 6) is -3.04. The van der Waals surface area contributed by atoms with E-state index in [1.165, 1.54) is 12.0 Å². The summed E-state index contributed by atoms with van der Waals surface area (Å²) in [5, 5.41) is 5.83. The van der Waals surface area contributed by atoms with E-state index in [1.54, 1.807) is 84.0 Å². The molecule has 0 radical (unpaired) electrons. The SMILES string of the molecule is CCOP(=O)(Cc1ccc(C(NC(=O)N2CCN(CC)C(=O)C2=O)C(=O)N[C@@H](Cc2cccc(C(=O)OC(C)(C)C)c2OC)B2O[C@@H]3C[C@@H]4C[C@@H](C4(C)C)[C@]3(C)O2)cc1)OCC. The van der Waals surface area contributed by atoms with Crippen molar-refractivity contribution in [2.45, 2.75) is 117 Å². The van der Waals surface area contributed by atoms with Crippen LogP contribution in [-0.4, -0.2) is 110 Å². The Hall–Kier alpha value is -4.28. The Bertz CT molecular complexity index is 2070. The number of imide groups is 1. The van der Waals surface area contributed by atoms with Gasteiger partial charge in [-0.15, -0.1) is 0 Å². The molecule has 3 saturated carbocycles. The lowest BCUT2D eigenvalue weighted by Gasteiger charge is -2.64. The van der Waals surface area contributed by atoms with Gasteiger partial charge in [0.2, 0.25) is 5.91 Å². The Labute approximate surface area is 365 Å². The van der Waals surface area contributed by atoms with E-state index in [1.807, 2.05) is 0 Å². The minimum atomic E-state index is -3.48. The van der Waals surface area contributed by atoms with Crippen molar-refractivity contribution in [3.05, 3.63) is 64.7 Å². The standard InChI is InChI=1S/C44H62BN4O12P/c1-11-48-21-22-49(39(52)38(48)51)41(54)47-35(28-19-17-27(18-20-28)26-62(55,57-12-2)58-13-3)37(50)46-34(45-60-33-25-30-24-32(43(30,7)8)44(33,9)61-45)23-29-15-14-16-31(36(29)56-10)40(53)59-42(4,5)6/h14-20,30,32-35H,11-13,21-26H2,1-10H3,(H,46,50)(H,47,54)/t30-,32-,33+,34-,35?,44-/m0/s1. The van der Waals surface area contributed by atoms with Crippen molar-refractivity contribution in [3.63, 3.8) is 0 Å². The molecule has 2 heterocycles. The number of hydrogen-bond donors (Lipinski definition) is 2. The van der Waals surface area contributed by atoms with Crippen molar-refractivity contribution >= 4 is 44.4 Å². The maximum absolute atomic E-state index is 14.9. The van der Waals surface area contributed by atoms with Gasteiger partial charge < -0.3 is 43.4 Å². The van der Waals surface area contributed by atoms with E-state index in [0.717, 1.165) is 17.7 Å². The molecular formula is C44H62BN4O12P. The first-order valence-electron chi connectivity index (χ1n) is 21.6. The molecule has 5 aliphatic rings. The summed E-state index contributed by atoms with van der Waals surface area (Å²) in [6, 6.07) is 9.32. The number of carbonyl (C=O) groups is 5. The van der Waals surface area contributed by atoms with Crippen molar-refractivity contribution in [1.82, 2.24) is 20.4 Å². The van der Waals surface area contributed by atoms with Crippen LogP contribution in [0, 0.1) is 17.3 Å². The summed E-state index contributed by atoms with van der Waals surface area (Å²) < 4.78 is 49.5. The van der Waals surface area contributed by atoms with E-state index in [4.69, 9.17) is 27.8 Å². The molecule has 2 aromatic carbocycles. The van der Waals surface area contributed by atoms with Crippen LogP contribution in [0.2, 0.25) is 0 Å². The number of carbonyl (C=O) groups excluding carboxylic acids is 5. The molecule has 2 aliphatic heterocycles. The molecule has 5 amide bonds. The number of piperazine rings is 1. The van der Waals surface area contributed by atoms with E-state index >= 15 is 0 Å². The molecule has 7 rings (SSSR count). The number of nitrogens with zero attached hydrogens (tertiary/aromatic N) is 2. The quantitative estimate of drug-likeness (QED) is 0.0888. The van der Waals surface area contributed by atoms with Crippen LogP contribution in [0.3, 0.4) is 0 Å². The highest BCUT2D eigenvalue weighted by Gasteiger charge is 2.68. The van der Waals surface area contributed by atoms with Crippen molar-refractivity contribution in [3.8, 4) is 5.75 Å². The minimum absolute atomic E-state index is 0.0300. The average Bonchev–Trinajstić information content (AvgIpc) is 3.57. The molecule has 0 aromatic heterocycles. The topological polar surface area (TPSA) is 188 Å². The Morgan fingerprint density at radius 2 is 1.63 bits per heavy atom. The highest BCUT2D eigenvalue weighted by molar-refractivity contribution is 7.53. The van der Waals surface area contributed by atoms with Gasteiger partial charge in [-0.25, -0.2) is 9.59 Å². The molecule has 16 nitrogen and oxygen atoms in total. The van der Waals surface area contributed by atoms with Crippen LogP contribution < -0.4 is 15.4 Å². The fourth-order valence-electron chi connectivity index (χ4n) is 9.50. The van der Waals surface area contributed by atoms with Gasteiger partial charge in [0.15, 0.2) is 0 Å². The lowest BCUT2D eigenvalue weighted by atomic mass is 9.43. The smallest absolute Gasteiger partial charge is 0.482 e. The summed E-state index contributed by atoms with van der Waals surface area (Å²) in [7, 11) is -2.97. The van der Waals surface area contributed by atoms with E-state index < -0.39 is 67.6 Å². The first-order valence-corrected chi connectivity index (χ1v) is 23.3. The van der Waals surface area contributed by atoms with E-state index in [-0.39, 0.29) is 67.6 Å². The van der Waals surface area contributed by atoms with Gasteiger partial charge in [0.1, 0.15) is 23.0 Å². The molecule has 62 heavy (non-hydrogen) atoms. The average molecular weight is 881 g/mol. The summed E-state index contributed by atoms with van der Waals surface area (Å²) >= 11 is 0. The molecule has 1 unspecified atom stereocenters. The Kier molecular flexibility index (Phi) is 14.0. The largest absolute Gasteiger partial charge is 0.496 e. The van der Waals surface area contributed by atoms with Gasteiger partial charge in [-0.3, -0.25) is 23.8 Å².